The van der Waals surface area contributed by atoms with Crippen LogP contribution in [0.3, 0.4) is 0 Å². The van der Waals surface area contributed by atoms with Crippen LogP contribution < -0.4 is 5.73 Å². The molecular formula is C8H12N4OS. The van der Waals surface area contributed by atoms with Crippen LogP contribution in [0.25, 0.3) is 0 Å². The molecule has 1 amide bonds. The highest BCUT2D eigenvalue weighted by molar-refractivity contribution is 7.80. The zero-order valence-electron chi connectivity index (χ0n) is 7.86. The van der Waals surface area contributed by atoms with Crippen molar-refractivity contribution in [3.63, 3.8) is 0 Å². The number of nitrogens with two attached hydrogens (primary N) is 1. The molecule has 0 unspecified atom stereocenters. The average molecular weight is 212 g/mol. The fourth-order valence-electron chi connectivity index (χ4n) is 0.968. The largest absolute Gasteiger partial charge is 0.393 e. The Morgan fingerprint density at radius 1 is 1.79 bits per heavy atom. The normalized spacial score (nSPS) is 9.79. The molecule has 3 N–H and O–H groups in total. The second kappa shape index (κ2) is 4.71. The summed E-state index contributed by atoms with van der Waals surface area (Å²) in [6.45, 7) is 0.527. The molecule has 1 rings (SSSR count). The lowest BCUT2D eigenvalue weighted by Gasteiger charge is -2.15. The zero-order valence-corrected chi connectivity index (χ0v) is 8.67. The van der Waals surface area contributed by atoms with E-state index < -0.39 is 0 Å². The molecule has 0 radical (unpaired) electrons. The summed E-state index contributed by atoms with van der Waals surface area (Å²) < 4.78 is 0. The molecule has 6 heteroatoms. The van der Waals surface area contributed by atoms with Gasteiger partial charge in [-0.3, -0.25) is 9.89 Å². The van der Waals surface area contributed by atoms with Gasteiger partial charge in [-0.2, -0.15) is 5.10 Å². The highest BCUT2D eigenvalue weighted by Gasteiger charge is 2.11. The molecule has 1 aromatic heterocycles. The molecule has 1 aromatic rings. The lowest BCUT2D eigenvalue weighted by Crippen LogP contribution is -2.29. The Balaban J connectivity index is 2.49. The van der Waals surface area contributed by atoms with E-state index in [4.69, 9.17) is 18.0 Å². The van der Waals surface area contributed by atoms with E-state index in [0.717, 1.165) is 0 Å². The summed E-state index contributed by atoms with van der Waals surface area (Å²) in [5, 5.41) is 6.28. The number of H-pyrrole nitrogens is 1. The van der Waals surface area contributed by atoms with Crippen LogP contribution in [0.15, 0.2) is 12.4 Å². The Labute approximate surface area is 87.3 Å². The molecule has 1 heterocycles. The van der Waals surface area contributed by atoms with Gasteiger partial charge in [0.25, 0.3) is 5.91 Å². The molecule has 14 heavy (non-hydrogen) atoms. The third-order valence-corrected chi connectivity index (χ3v) is 1.99. The summed E-state index contributed by atoms with van der Waals surface area (Å²) >= 11 is 4.72. The third-order valence-electron chi connectivity index (χ3n) is 1.79. The topological polar surface area (TPSA) is 75.0 Å². The van der Waals surface area contributed by atoms with Gasteiger partial charge in [0.2, 0.25) is 0 Å². The van der Waals surface area contributed by atoms with Crippen LogP contribution in [0.4, 0.5) is 0 Å². The number of hydrogen-bond acceptors (Lipinski definition) is 3. The highest BCUT2D eigenvalue weighted by atomic mass is 32.1. The van der Waals surface area contributed by atoms with Crippen molar-refractivity contribution in [2.24, 2.45) is 5.73 Å². The summed E-state index contributed by atoms with van der Waals surface area (Å²) in [6.07, 6.45) is 3.58. The molecule has 0 atom stereocenters. The van der Waals surface area contributed by atoms with Gasteiger partial charge in [0, 0.05) is 26.2 Å². The van der Waals surface area contributed by atoms with E-state index in [2.05, 4.69) is 10.2 Å². The van der Waals surface area contributed by atoms with E-state index in [1.807, 2.05) is 0 Å². The minimum absolute atomic E-state index is 0.0880. The summed E-state index contributed by atoms with van der Waals surface area (Å²) in [4.78, 5) is 13.6. The van der Waals surface area contributed by atoms with Crippen LogP contribution >= 0.6 is 12.2 Å². The quantitative estimate of drug-likeness (QED) is 0.697. The van der Waals surface area contributed by atoms with Gasteiger partial charge in [-0.15, -0.1) is 0 Å². The highest BCUT2D eigenvalue weighted by Crippen LogP contribution is 2.00. The fraction of sp³-hybridized carbons (Fsp3) is 0.375. The van der Waals surface area contributed by atoms with E-state index in [-0.39, 0.29) is 5.91 Å². The van der Waals surface area contributed by atoms with Gasteiger partial charge < -0.3 is 10.6 Å². The minimum atomic E-state index is -0.0880. The van der Waals surface area contributed by atoms with Crippen LogP contribution in [0.1, 0.15) is 16.8 Å². The molecule has 0 saturated heterocycles. The van der Waals surface area contributed by atoms with E-state index in [1.165, 1.54) is 6.20 Å². The Kier molecular flexibility index (Phi) is 3.58. The molecule has 0 bridgehead atoms. The first-order valence-corrected chi connectivity index (χ1v) is 4.54. The molecule has 0 fully saturated rings. The molecule has 0 aliphatic heterocycles. The first kappa shape index (κ1) is 10.6. The number of carbonyl (C=O) groups excluding carboxylic acids is 1. The number of carbonyl (C=O) groups is 1. The molecule has 0 aliphatic carbocycles. The summed E-state index contributed by atoms with van der Waals surface area (Å²) in [7, 11) is 1.70. The SMILES string of the molecule is CN(CCC(N)=S)C(=O)c1cn[nH]c1. The molecule has 0 aromatic carbocycles. The van der Waals surface area contributed by atoms with Gasteiger partial charge in [-0.1, -0.05) is 12.2 Å². The maximum atomic E-state index is 11.6. The average Bonchev–Trinajstić information content (AvgIpc) is 2.65. The molecule has 5 nitrogen and oxygen atoms in total. The van der Waals surface area contributed by atoms with Crippen LogP contribution in [-0.4, -0.2) is 39.6 Å². The Bertz CT molecular complexity index is 322. The lowest BCUT2D eigenvalue weighted by molar-refractivity contribution is 0.0799. The second-order valence-corrected chi connectivity index (χ2v) is 3.45. The van der Waals surface area contributed by atoms with Crippen LogP contribution in [0, 0.1) is 0 Å². The number of rotatable bonds is 4. The fourth-order valence-corrected chi connectivity index (χ4v) is 1.06. The van der Waals surface area contributed by atoms with Crippen molar-refractivity contribution in [2.75, 3.05) is 13.6 Å². The molecule has 0 spiro atoms. The van der Waals surface area contributed by atoms with E-state index in [1.54, 1.807) is 18.1 Å². The van der Waals surface area contributed by atoms with Crippen LogP contribution in [0.5, 0.6) is 0 Å². The van der Waals surface area contributed by atoms with Gasteiger partial charge in [-0.05, 0) is 0 Å². The van der Waals surface area contributed by atoms with E-state index in [0.29, 0.717) is 23.5 Å². The van der Waals surface area contributed by atoms with Crippen molar-refractivity contribution in [2.45, 2.75) is 6.42 Å². The van der Waals surface area contributed by atoms with E-state index in [9.17, 15) is 4.79 Å². The predicted octanol–water partition coefficient (Wildman–Crippen LogP) is 0.158. The number of nitrogens with one attached hydrogen (secondary N) is 1. The minimum Gasteiger partial charge on any atom is -0.393 e. The Hall–Kier alpha value is -1.43. The van der Waals surface area contributed by atoms with E-state index >= 15 is 0 Å². The monoisotopic (exact) mass is 212 g/mol. The number of amides is 1. The Morgan fingerprint density at radius 3 is 3.00 bits per heavy atom. The van der Waals surface area contributed by atoms with Crippen LogP contribution in [0.2, 0.25) is 0 Å². The summed E-state index contributed by atoms with van der Waals surface area (Å²) in [5.74, 6) is -0.0880. The molecular weight excluding hydrogens is 200 g/mol. The predicted molar refractivity (Wildman–Crippen MR) is 57.0 cm³/mol. The summed E-state index contributed by atoms with van der Waals surface area (Å²) in [6, 6.07) is 0. The lowest BCUT2D eigenvalue weighted by atomic mass is 10.3. The van der Waals surface area contributed by atoms with Crippen molar-refractivity contribution in [1.82, 2.24) is 15.1 Å². The maximum absolute atomic E-state index is 11.6. The van der Waals surface area contributed by atoms with Crippen molar-refractivity contribution < 1.29 is 4.79 Å². The molecule has 0 saturated carbocycles. The molecule has 0 aliphatic rings. The number of nitrogens with zero attached hydrogens (tertiary/aromatic N) is 2. The second-order valence-electron chi connectivity index (χ2n) is 2.93. The van der Waals surface area contributed by atoms with Gasteiger partial charge in [0.1, 0.15) is 0 Å². The van der Waals surface area contributed by atoms with Crippen molar-refractivity contribution in [1.29, 1.82) is 0 Å². The van der Waals surface area contributed by atoms with Gasteiger partial charge in [0.15, 0.2) is 0 Å². The first-order chi connectivity index (χ1) is 6.61. The molecule has 76 valence electrons. The van der Waals surface area contributed by atoms with Gasteiger partial charge in [-0.25, -0.2) is 0 Å². The number of hydrogen-bond donors (Lipinski definition) is 2. The van der Waals surface area contributed by atoms with Crippen molar-refractivity contribution in [3.8, 4) is 0 Å². The number of aromatic amines is 1. The number of thiocarbonyl (C=S) groups is 1. The number of aromatic nitrogens is 2. The van der Waals surface area contributed by atoms with Crippen molar-refractivity contribution >= 4 is 23.1 Å². The maximum Gasteiger partial charge on any atom is 0.256 e. The third kappa shape index (κ3) is 2.81. The zero-order chi connectivity index (χ0) is 10.6. The Morgan fingerprint density at radius 2 is 2.50 bits per heavy atom. The first-order valence-electron chi connectivity index (χ1n) is 4.14. The summed E-state index contributed by atoms with van der Waals surface area (Å²) in [5.41, 5.74) is 5.87. The standard InChI is InChI=1S/C8H12N4OS/c1-12(3-2-7(9)14)8(13)6-4-10-11-5-6/h4-5H,2-3H2,1H3,(H2,9,14)(H,10,11). The van der Waals surface area contributed by atoms with Gasteiger partial charge in [0.05, 0.1) is 16.7 Å². The van der Waals surface area contributed by atoms with Gasteiger partial charge >= 0.3 is 0 Å². The van der Waals surface area contributed by atoms with Crippen molar-refractivity contribution in [3.05, 3.63) is 18.0 Å². The van der Waals surface area contributed by atoms with Crippen LogP contribution in [-0.2, 0) is 0 Å². The smallest absolute Gasteiger partial charge is 0.256 e.